The molecule has 196 valence electrons. The highest BCUT2D eigenvalue weighted by Crippen LogP contribution is 2.27. The van der Waals surface area contributed by atoms with Gasteiger partial charge in [-0.1, -0.05) is 70.0 Å². The summed E-state index contributed by atoms with van der Waals surface area (Å²) in [7, 11) is 0. The lowest BCUT2D eigenvalue weighted by atomic mass is 10.0. The molecule has 0 saturated carbocycles. The van der Waals surface area contributed by atoms with Crippen molar-refractivity contribution in [1.29, 1.82) is 0 Å². The first kappa shape index (κ1) is 26.2. The molecular weight excluding hydrogens is 550 g/mol. The van der Waals surface area contributed by atoms with Crippen LogP contribution in [0.15, 0.2) is 71.3 Å². The summed E-state index contributed by atoms with van der Waals surface area (Å²) in [4.78, 5) is 24.6. The van der Waals surface area contributed by atoms with E-state index < -0.39 is 0 Å². The highest BCUT2D eigenvalue weighted by molar-refractivity contribution is 9.10. The van der Waals surface area contributed by atoms with Gasteiger partial charge in [0, 0.05) is 57.4 Å². The topological polar surface area (TPSA) is 51.7 Å². The highest BCUT2D eigenvalue weighted by atomic mass is 79.9. The van der Waals surface area contributed by atoms with Gasteiger partial charge in [-0.3, -0.25) is 14.6 Å². The Kier molecular flexibility index (Phi) is 8.77. The zero-order valence-electron chi connectivity index (χ0n) is 21.0. The van der Waals surface area contributed by atoms with Gasteiger partial charge in [0.05, 0.1) is 10.6 Å². The molecule has 2 saturated heterocycles. The number of piperazine rings is 1. The number of carbonyl (C=O) groups is 1. The predicted molar refractivity (Wildman–Crippen MR) is 155 cm³/mol. The van der Waals surface area contributed by atoms with Gasteiger partial charge in [0.25, 0.3) is 5.91 Å². The summed E-state index contributed by atoms with van der Waals surface area (Å²) in [5, 5.41) is 3.47. The van der Waals surface area contributed by atoms with Gasteiger partial charge < -0.3 is 10.2 Å². The number of pyridine rings is 1. The normalized spacial score (nSPS) is 17.6. The molecular formula is C29H35BrClN5O. The van der Waals surface area contributed by atoms with E-state index in [1.807, 2.05) is 30.3 Å². The van der Waals surface area contributed by atoms with E-state index in [4.69, 9.17) is 11.6 Å². The maximum atomic E-state index is 12.6. The number of piperidine rings is 1. The molecule has 5 rings (SSSR count). The number of hydrogen-bond acceptors (Lipinski definition) is 5. The van der Waals surface area contributed by atoms with Gasteiger partial charge in [-0.25, -0.2) is 4.98 Å². The minimum atomic E-state index is -0.166. The lowest BCUT2D eigenvalue weighted by Gasteiger charge is -2.43. The van der Waals surface area contributed by atoms with Crippen LogP contribution in [0, 0.1) is 0 Å². The van der Waals surface area contributed by atoms with Crippen molar-refractivity contribution < 1.29 is 6.22 Å². The quantitative estimate of drug-likeness (QED) is 0.400. The van der Waals surface area contributed by atoms with Gasteiger partial charge >= 0.3 is 0 Å². The van der Waals surface area contributed by atoms with E-state index in [0.29, 0.717) is 23.2 Å². The molecule has 0 bridgehead atoms. The molecule has 2 aliphatic heterocycles. The molecule has 2 fully saturated rings. The Balaban J connectivity index is 0.00000336. The third kappa shape index (κ3) is 6.90. The van der Waals surface area contributed by atoms with Crippen LogP contribution < -0.4 is 10.2 Å². The van der Waals surface area contributed by atoms with E-state index in [1.54, 1.807) is 12.3 Å². The summed E-state index contributed by atoms with van der Waals surface area (Å²) in [6, 6.07) is 20.9. The molecule has 0 unspecified atom stereocenters. The minimum Gasteiger partial charge on any atom is -0.353 e. The van der Waals surface area contributed by atoms with Crippen molar-refractivity contribution >= 4 is 39.3 Å². The van der Waals surface area contributed by atoms with Crippen molar-refractivity contribution in [3.63, 3.8) is 0 Å². The first-order valence-corrected chi connectivity index (χ1v) is 14.2. The Morgan fingerprint density at radius 3 is 2.35 bits per heavy atom. The highest BCUT2D eigenvalue weighted by Gasteiger charge is 2.28. The first-order chi connectivity index (χ1) is 18.0. The van der Waals surface area contributed by atoms with E-state index in [0.717, 1.165) is 61.7 Å². The van der Waals surface area contributed by atoms with Crippen molar-refractivity contribution in [2.24, 2.45) is 0 Å². The molecule has 1 amide bonds. The van der Waals surface area contributed by atoms with E-state index in [2.05, 4.69) is 65.2 Å². The summed E-state index contributed by atoms with van der Waals surface area (Å²) in [5.74, 6) is 0.603. The molecule has 6 nitrogen and oxygen atoms in total. The number of carbonyl (C=O) groups excluding carboxylic acids is 1. The van der Waals surface area contributed by atoms with E-state index in [-0.39, 0.29) is 7.33 Å². The summed E-state index contributed by atoms with van der Waals surface area (Å²) in [5.41, 5.74) is 2.91. The van der Waals surface area contributed by atoms with E-state index in [9.17, 15) is 4.79 Å². The third-order valence-electron chi connectivity index (χ3n) is 7.39. The standard InChI is InChI=1S/C29H33BrClN5O.H2/c30-25-8-6-23(7-9-25)21-34-12-10-26(11-13-34)35-14-16-36(17-15-35)28-27(31)18-24(20-32-28)29(37)33-19-22-4-2-1-3-5-22;/h1-9,18,20,26H,10-17,19,21H2,(H,33,37);1H. The average Bonchev–Trinajstić information content (AvgIpc) is 2.94. The Hall–Kier alpha value is -2.45. The van der Waals surface area contributed by atoms with Crippen LogP contribution in [0.5, 0.6) is 0 Å². The number of halogens is 2. The van der Waals surface area contributed by atoms with Gasteiger partial charge in [0.1, 0.15) is 5.82 Å². The van der Waals surface area contributed by atoms with Crippen LogP contribution in [0.1, 0.15) is 35.8 Å². The van der Waals surface area contributed by atoms with Crippen molar-refractivity contribution in [3.8, 4) is 0 Å². The van der Waals surface area contributed by atoms with Gasteiger partial charge in [-0.05, 0) is 55.3 Å². The molecule has 0 atom stereocenters. The molecule has 2 aliphatic rings. The summed E-state index contributed by atoms with van der Waals surface area (Å²) in [6.45, 7) is 7.59. The molecule has 0 spiro atoms. The van der Waals surface area contributed by atoms with Crippen molar-refractivity contribution in [2.45, 2.75) is 32.0 Å². The molecule has 3 aromatic rings. The number of amides is 1. The number of rotatable bonds is 7. The zero-order valence-corrected chi connectivity index (χ0v) is 23.3. The molecule has 1 N–H and O–H groups in total. The molecule has 37 heavy (non-hydrogen) atoms. The Morgan fingerprint density at radius 2 is 1.68 bits per heavy atom. The Morgan fingerprint density at radius 1 is 0.973 bits per heavy atom. The lowest BCUT2D eigenvalue weighted by Crippen LogP contribution is -2.53. The summed E-state index contributed by atoms with van der Waals surface area (Å²) in [6.07, 6.45) is 4.06. The molecule has 2 aromatic carbocycles. The van der Waals surface area contributed by atoms with E-state index in [1.165, 1.54) is 18.4 Å². The first-order valence-electron chi connectivity index (χ1n) is 13.0. The van der Waals surface area contributed by atoms with Crippen molar-refractivity contribution in [3.05, 3.63) is 93.0 Å². The Labute approximate surface area is 234 Å². The smallest absolute Gasteiger partial charge is 0.253 e. The number of likely N-dealkylation sites (tertiary alicyclic amines) is 1. The second-order valence-corrected chi connectivity index (χ2v) is 11.2. The fourth-order valence-corrected chi connectivity index (χ4v) is 5.81. The van der Waals surface area contributed by atoms with Crippen LogP contribution in [0.2, 0.25) is 5.02 Å². The van der Waals surface area contributed by atoms with Crippen LogP contribution in [0.4, 0.5) is 5.82 Å². The van der Waals surface area contributed by atoms with Crippen LogP contribution in [0.3, 0.4) is 0 Å². The Bertz CT molecular complexity index is 1180. The SMILES string of the molecule is O=C(NCc1ccccc1)c1cnc(N2CCN(C3CCN(Cc4ccc(Br)cc4)CC3)CC2)c(Cl)c1.[HH]. The number of anilines is 1. The van der Waals surface area contributed by atoms with Crippen molar-refractivity contribution in [1.82, 2.24) is 20.1 Å². The van der Waals surface area contributed by atoms with Crippen LogP contribution >= 0.6 is 27.5 Å². The number of nitrogens with one attached hydrogen (secondary N) is 1. The van der Waals surface area contributed by atoms with Crippen LogP contribution in [-0.2, 0) is 13.1 Å². The molecule has 0 aliphatic carbocycles. The second-order valence-electron chi connectivity index (χ2n) is 9.85. The predicted octanol–water partition coefficient (Wildman–Crippen LogP) is 5.46. The molecule has 1 aromatic heterocycles. The zero-order chi connectivity index (χ0) is 25.6. The van der Waals surface area contributed by atoms with Gasteiger partial charge in [-0.2, -0.15) is 0 Å². The third-order valence-corrected chi connectivity index (χ3v) is 8.19. The van der Waals surface area contributed by atoms with Gasteiger partial charge in [0.2, 0.25) is 0 Å². The second kappa shape index (κ2) is 12.4. The van der Waals surface area contributed by atoms with Gasteiger partial charge in [-0.15, -0.1) is 0 Å². The van der Waals surface area contributed by atoms with Crippen molar-refractivity contribution in [2.75, 3.05) is 44.2 Å². The number of benzene rings is 2. The number of nitrogens with zero attached hydrogens (tertiary/aromatic N) is 4. The monoisotopic (exact) mass is 583 g/mol. The minimum absolute atomic E-state index is 0. The van der Waals surface area contributed by atoms with Gasteiger partial charge in [0.15, 0.2) is 0 Å². The maximum absolute atomic E-state index is 12.6. The summed E-state index contributed by atoms with van der Waals surface area (Å²) < 4.78 is 1.13. The fourth-order valence-electron chi connectivity index (χ4n) is 5.26. The molecule has 8 heteroatoms. The molecule has 3 heterocycles. The average molecular weight is 585 g/mol. The molecule has 0 radical (unpaired) electrons. The fraction of sp³-hybridized carbons (Fsp3) is 0.379. The number of aromatic nitrogens is 1. The summed E-state index contributed by atoms with van der Waals surface area (Å²) >= 11 is 10.1. The van der Waals surface area contributed by atoms with Crippen LogP contribution in [-0.4, -0.2) is 66.0 Å². The van der Waals surface area contributed by atoms with Crippen LogP contribution in [0.25, 0.3) is 0 Å². The lowest BCUT2D eigenvalue weighted by molar-refractivity contribution is 0.0950. The number of hydrogen-bond donors (Lipinski definition) is 1. The van der Waals surface area contributed by atoms with E-state index >= 15 is 0 Å². The largest absolute Gasteiger partial charge is 0.353 e. The maximum Gasteiger partial charge on any atom is 0.253 e.